The van der Waals surface area contributed by atoms with E-state index in [0.29, 0.717) is 11.3 Å². The summed E-state index contributed by atoms with van der Waals surface area (Å²) in [6.07, 6.45) is 6.48. The van der Waals surface area contributed by atoms with Gasteiger partial charge in [0.25, 0.3) is 0 Å². The SMILES string of the molecule is C[C@@H]1CCCC2(CC2)[C@H]1O. The minimum atomic E-state index is 0.0289. The van der Waals surface area contributed by atoms with Crippen molar-refractivity contribution >= 4 is 0 Å². The molecule has 0 aromatic rings. The Kier molecular flexibility index (Phi) is 1.31. The van der Waals surface area contributed by atoms with Crippen molar-refractivity contribution in [3.8, 4) is 0 Å². The van der Waals surface area contributed by atoms with Crippen LogP contribution in [0.4, 0.5) is 0 Å². The second-order valence-corrected chi connectivity index (χ2v) is 4.18. The number of rotatable bonds is 0. The molecule has 0 unspecified atom stereocenters. The fraction of sp³-hybridized carbons (Fsp3) is 1.00. The van der Waals surface area contributed by atoms with E-state index in [1.807, 2.05) is 0 Å². The van der Waals surface area contributed by atoms with Gasteiger partial charge in [0.1, 0.15) is 0 Å². The van der Waals surface area contributed by atoms with Crippen LogP contribution in [0.5, 0.6) is 0 Å². The molecule has 1 N–H and O–H groups in total. The minimum Gasteiger partial charge on any atom is -0.392 e. The monoisotopic (exact) mass is 140 g/mol. The van der Waals surface area contributed by atoms with Crippen molar-refractivity contribution in [2.24, 2.45) is 11.3 Å². The molecule has 0 aliphatic heterocycles. The molecular weight excluding hydrogens is 124 g/mol. The van der Waals surface area contributed by atoms with Gasteiger partial charge in [0.2, 0.25) is 0 Å². The van der Waals surface area contributed by atoms with Crippen molar-refractivity contribution in [2.45, 2.75) is 45.1 Å². The van der Waals surface area contributed by atoms with Crippen LogP contribution in [0.15, 0.2) is 0 Å². The van der Waals surface area contributed by atoms with Crippen LogP contribution in [-0.4, -0.2) is 11.2 Å². The zero-order valence-electron chi connectivity index (χ0n) is 6.64. The third kappa shape index (κ3) is 0.800. The molecule has 0 aromatic heterocycles. The Bertz CT molecular complexity index is 138. The number of aliphatic hydroxyl groups is 1. The average molecular weight is 140 g/mol. The maximum absolute atomic E-state index is 9.77. The van der Waals surface area contributed by atoms with Gasteiger partial charge in [-0.25, -0.2) is 0 Å². The van der Waals surface area contributed by atoms with E-state index in [1.54, 1.807) is 0 Å². The Hall–Kier alpha value is -0.0400. The Morgan fingerprint density at radius 3 is 2.50 bits per heavy atom. The van der Waals surface area contributed by atoms with Crippen LogP contribution in [-0.2, 0) is 0 Å². The molecule has 2 aliphatic carbocycles. The van der Waals surface area contributed by atoms with Gasteiger partial charge in [-0.15, -0.1) is 0 Å². The van der Waals surface area contributed by atoms with Crippen molar-refractivity contribution in [1.82, 2.24) is 0 Å². The molecule has 2 rings (SSSR count). The van der Waals surface area contributed by atoms with E-state index in [1.165, 1.54) is 32.1 Å². The van der Waals surface area contributed by atoms with Gasteiger partial charge >= 0.3 is 0 Å². The Morgan fingerprint density at radius 1 is 1.30 bits per heavy atom. The molecule has 2 atom stereocenters. The van der Waals surface area contributed by atoms with Crippen LogP contribution in [0.3, 0.4) is 0 Å². The lowest BCUT2D eigenvalue weighted by molar-refractivity contribution is 0.0109. The summed E-state index contributed by atoms with van der Waals surface area (Å²) in [6, 6.07) is 0. The van der Waals surface area contributed by atoms with Gasteiger partial charge in [0, 0.05) is 0 Å². The first kappa shape index (κ1) is 6.66. The largest absolute Gasteiger partial charge is 0.392 e. The van der Waals surface area contributed by atoms with Crippen molar-refractivity contribution in [3.05, 3.63) is 0 Å². The van der Waals surface area contributed by atoms with Crippen molar-refractivity contribution in [2.75, 3.05) is 0 Å². The molecule has 0 heterocycles. The molecule has 1 heteroatoms. The summed E-state index contributed by atoms with van der Waals surface area (Å²) in [7, 11) is 0. The molecule has 0 aromatic carbocycles. The smallest absolute Gasteiger partial charge is 0.0621 e. The summed E-state index contributed by atoms with van der Waals surface area (Å²) in [6.45, 7) is 2.18. The van der Waals surface area contributed by atoms with E-state index in [4.69, 9.17) is 0 Å². The molecule has 0 saturated heterocycles. The molecule has 58 valence electrons. The second-order valence-electron chi connectivity index (χ2n) is 4.18. The maximum Gasteiger partial charge on any atom is 0.0621 e. The van der Waals surface area contributed by atoms with Gasteiger partial charge in [-0.1, -0.05) is 13.3 Å². The molecule has 0 amide bonds. The number of hydrogen-bond donors (Lipinski definition) is 1. The quantitative estimate of drug-likeness (QED) is 0.545. The lowest BCUT2D eigenvalue weighted by atomic mass is 9.77. The van der Waals surface area contributed by atoms with Gasteiger partial charge in [-0.3, -0.25) is 0 Å². The fourth-order valence-corrected chi connectivity index (χ4v) is 2.39. The second kappa shape index (κ2) is 1.97. The normalized spacial score (nSPS) is 43.8. The van der Waals surface area contributed by atoms with Gasteiger partial charge in [0.15, 0.2) is 0 Å². The lowest BCUT2D eigenvalue weighted by Gasteiger charge is -2.32. The Morgan fingerprint density at radius 2 is 2.00 bits per heavy atom. The highest BCUT2D eigenvalue weighted by Gasteiger charge is 2.51. The number of aliphatic hydroxyl groups excluding tert-OH is 1. The van der Waals surface area contributed by atoms with Crippen LogP contribution in [0.2, 0.25) is 0 Å². The number of hydrogen-bond acceptors (Lipinski definition) is 1. The molecular formula is C9H16O. The summed E-state index contributed by atoms with van der Waals surface area (Å²) >= 11 is 0. The molecule has 1 spiro atoms. The molecule has 0 radical (unpaired) electrons. The van der Waals surface area contributed by atoms with Gasteiger partial charge in [0.05, 0.1) is 6.10 Å². The van der Waals surface area contributed by atoms with E-state index in [9.17, 15) is 5.11 Å². The van der Waals surface area contributed by atoms with E-state index < -0.39 is 0 Å². The Balaban J connectivity index is 2.07. The third-order valence-corrected chi connectivity index (χ3v) is 3.39. The van der Waals surface area contributed by atoms with Crippen molar-refractivity contribution in [3.63, 3.8) is 0 Å². The predicted octanol–water partition coefficient (Wildman–Crippen LogP) is 1.95. The van der Waals surface area contributed by atoms with Gasteiger partial charge < -0.3 is 5.11 Å². The zero-order chi connectivity index (χ0) is 7.19. The molecule has 0 bridgehead atoms. The summed E-state index contributed by atoms with van der Waals surface area (Å²) in [5, 5.41) is 9.77. The van der Waals surface area contributed by atoms with Crippen LogP contribution in [0, 0.1) is 11.3 Å². The molecule has 2 aliphatic rings. The minimum absolute atomic E-state index is 0.0289. The first-order chi connectivity index (χ1) is 4.75. The Labute approximate surface area is 62.4 Å². The topological polar surface area (TPSA) is 20.2 Å². The summed E-state index contributed by atoms with van der Waals surface area (Å²) < 4.78 is 0. The highest BCUT2D eigenvalue weighted by molar-refractivity contribution is 5.02. The van der Waals surface area contributed by atoms with Crippen LogP contribution in [0.1, 0.15) is 39.0 Å². The highest BCUT2D eigenvalue weighted by atomic mass is 16.3. The fourth-order valence-electron chi connectivity index (χ4n) is 2.39. The summed E-state index contributed by atoms with van der Waals surface area (Å²) in [4.78, 5) is 0. The van der Waals surface area contributed by atoms with E-state index in [-0.39, 0.29) is 6.10 Å². The molecule has 2 fully saturated rings. The standard InChI is InChI=1S/C9H16O/c1-7-3-2-4-9(5-6-9)8(7)10/h7-8,10H,2-6H2,1H3/t7-,8+/m1/s1. The molecule has 1 nitrogen and oxygen atoms in total. The van der Waals surface area contributed by atoms with E-state index in [2.05, 4.69) is 6.92 Å². The summed E-state index contributed by atoms with van der Waals surface area (Å²) in [5.41, 5.74) is 0.414. The van der Waals surface area contributed by atoms with E-state index in [0.717, 1.165) is 0 Å². The van der Waals surface area contributed by atoms with Crippen LogP contribution in [0.25, 0.3) is 0 Å². The first-order valence-corrected chi connectivity index (χ1v) is 4.43. The average Bonchev–Trinajstić information content (AvgIpc) is 2.65. The lowest BCUT2D eigenvalue weighted by Crippen LogP contribution is -2.32. The predicted molar refractivity (Wildman–Crippen MR) is 40.7 cm³/mol. The van der Waals surface area contributed by atoms with Crippen molar-refractivity contribution in [1.29, 1.82) is 0 Å². The molecule has 10 heavy (non-hydrogen) atoms. The van der Waals surface area contributed by atoms with Crippen LogP contribution < -0.4 is 0 Å². The third-order valence-electron chi connectivity index (χ3n) is 3.39. The maximum atomic E-state index is 9.77. The summed E-state index contributed by atoms with van der Waals surface area (Å²) in [5.74, 6) is 0.566. The van der Waals surface area contributed by atoms with E-state index >= 15 is 0 Å². The molecule has 2 saturated carbocycles. The first-order valence-electron chi connectivity index (χ1n) is 4.43. The highest BCUT2D eigenvalue weighted by Crippen LogP contribution is 2.57. The van der Waals surface area contributed by atoms with Gasteiger partial charge in [-0.2, -0.15) is 0 Å². The van der Waals surface area contributed by atoms with Crippen LogP contribution >= 0.6 is 0 Å². The zero-order valence-corrected chi connectivity index (χ0v) is 6.64. The van der Waals surface area contributed by atoms with Crippen molar-refractivity contribution < 1.29 is 5.11 Å². The van der Waals surface area contributed by atoms with Gasteiger partial charge in [-0.05, 0) is 37.0 Å².